The third-order valence-corrected chi connectivity index (χ3v) is 4.44. The molecule has 0 spiro atoms. The average molecular weight is 280 g/mol. The van der Waals surface area contributed by atoms with Crippen LogP contribution in [0.2, 0.25) is 0 Å². The van der Waals surface area contributed by atoms with Gasteiger partial charge in [0.25, 0.3) is 0 Å². The lowest BCUT2D eigenvalue weighted by Crippen LogP contribution is -2.31. The first-order valence-electron chi connectivity index (χ1n) is 6.11. The van der Waals surface area contributed by atoms with E-state index in [4.69, 9.17) is 11.6 Å². The number of thiophene rings is 1. The fourth-order valence-electron chi connectivity index (χ4n) is 2.06. The molecule has 0 amide bonds. The maximum Gasteiger partial charge on any atom is 0.0494 e. The van der Waals surface area contributed by atoms with Gasteiger partial charge in [-0.05, 0) is 30.0 Å². The Kier molecular flexibility index (Phi) is 4.67. The van der Waals surface area contributed by atoms with E-state index in [0.717, 1.165) is 6.42 Å². The number of hydrogen-bond acceptors (Lipinski definition) is 2. The summed E-state index contributed by atoms with van der Waals surface area (Å²) in [4.78, 5) is 3.75. The first kappa shape index (κ1) is 13.4. The predicted octanol–water partition coefficient (Wildman–Crippen LogP) is 4.55. The van der Waals surface area contributed by atoms with E-state index in [0.29, 0.717) is 11.9 Å². The van der Waals surface area contributed by atoms with Gasteiger partial charge in [0, 0.05) is 36.0 Å². The number of benzene rings is 1. The van der Waals surface area contributed by atoms with Gasteiger partial charge in [-0.1, -0.05) is 24.3 Å². The maximum atomic E-state index is 6.00. The van der Waals surface area contributed by atoms with Crippen LogP contribution in [0.3, 0.4) is 0 Å². The SMILES string of the molecule is CC(Cc1cccs1)N(C)c1ccccc1CCl. The highest BCUT2D eigenvalue weighted by Crippen LogP contribution is 2.24. The third kappa shape index (κ3) is 3.06. The first-order chi connectivity index (χ1) is 8.72. The van der Waals surface area contributed by atoms with Crippen molar-refractivity contribution in [3.8, 4) is 0 Å². The maximum absolute atomic E-state index is 6.00. The van der Waals surface area contributed by atoms with E-state index in [1.807, 2.05) is 17.4 Å². The van der Waals surface area contributed by atoms with Crippen molar-refractivity contribution in [1.82, 2.24) is 0 Å². The van der Waals surface area contributed by atoms with Crippen LogP contribution in [0.1, 0.15) is 17.4 Å². The van der Waals surface area contributed by atoms with Gasteiger partial charge in [0.15, 0.2) is 0 Å². The Hall–Kier alpha value is -0.990. The predicted molar refractivity (Wildman–Crippen MR) is 81.9 cm³/mol. The third-order valence-electron chi connectivity index (χ3n) is 3.25. The molecule has 0 aliphatic rings. The molecule has 0 aliphatic carbocycles. The van der Waals surface area contributed by atoms with Gasteiger partial charge in [-0.2, -0.15) is 0 Å². The molecule has 1 aromatic heterocycles. The van der Waals surface area contributed by atoms with Crippen molar-refractivity contribution in [1.29, 1.82) is 0 Å². The Morgan fingerprint density at radius 2 is 2.00 bits per heavy atom. The number of anilines is 1. The van der Waals surface area contributed by atoms with Crippen LogP contribution in [0.5, 0.6) is 0 Å². The number of halogens is 1. The summed E-state index contributed by atoms with van der Waals surface area (Å²) in [6, 6.07) is 13.1. The minimum atomic E-state index is 0.466. The number of likely N-dealkylation sites (N-methyl/N-ethyl adjacent to an activating group) is 1. The zero-order chi connectivity index (χ0) is 13.0. The van der Waals surface area contributed by atoms with Crippen LogP contribution in [-0.4, -0.2) is 13.1 Å². The van der Waals surface area contributed by atoms with Crippen molar-refractivity contribution < 1.29 is 0 Å². The molecule has 0 bridgehead atoms. The van der Waals surface area contributed by atoms with Crippen molar-refractivity contribution in [3.63, 3.8) is 0 Å². The molecule has 0 radical (unpaired) electrons. The minimum absolute atomic E-state index is 0.466. The molecule has 18 heavy (non-hydrogen) atoms. The molecule has 1 heterocycles. The zero-order valence-corrected chi connectivity index (χ0v) is 12.3. The van der Waals surface area contributed by atoms with Gasteiger partial charge >= 0.3 is 0 Å². The van der Waals surface area contributed by atoms with Gasteiger partial charge in [0.05, 0.1) is 0 Å². The molecule has 3 heteroatoms. The summed E-state index contributed by atoms with van der Waals surface area (Å²) >= 11 is 7.82. The quantitative estimate of drug-likeness (QED) is 0.726. The number of para-hydroxylation sites is 1. The van der Waals surface area contributed by atoms with Gasteiger partial charge in [-0.25, -0.2) is 0 Å². The average Bonchev–Trinajstić information content (AvgIpc) is 2.90. The Morgan fingerprint density at radius 3 is 2.67 bits per heavy atom. The lowest BCUT2D eigenvalue weighted by Gasteiger charge is -2.28. The molecule has 0 saturated heterocycles. The molecule has 0 aliphatic heterocycles. The van der Waals surface area contributed by atoms with Crippen LogP contribution in [0.15, 0.2) is 41.8 Å². The van der Waals surface area contributed by atoms with Crippen LogP contribution in [0.25, 0.3) is 0 Å². The lowest BCUT2D eigenvalue weighted by molar-refractivity contribution is 0.686. The van der Waals surface area contributed by atoms with Gasteiger partial charge in [0.1, 0.15) is 0 Å². The summed E-state index contributed by atoms with van der Waals surface area (Å²) < 4.78 is 0. The van der Waals surface area contributed by atoms with Gasteiger partial charge in [-0.15, -0.1) is 22.9 Å². The number of nitrogens with zero attached hydrogens (tertiary/aromatic N) is 1. The Bertz CT molecular complexity index is 481. The van der Waals surface area contributed by atoms with Gasteiger partial charge < -0.3 is 4.90 Å². The summed E-state index contributed by atoms with van der Waals surface area (Å²) in [5.41, 5.74) is 2.43. The van der Waals surface area contributed by atoms with E-state index in [2.05, 4.69) is 54.6 Å². The molecular weight excluding hydrogens is 262 g/mol. The van der Waals surface area contributed by atoms with Crippen LogP contribution in [-0.2, 0) is 12.3 Å². The van der Waals surface area contributed by atoms with Gasteiger partial charge in [-0.3, -0.25) is 0 Å². The number of rotatable bonds is 5. The largest absolute Gasteiger partial charge is 0.371 e. The number of alkyl halides is 1. The first-order valence-corrected chi connectivity index (χ1v) is 7.53. The minimum Gasteiger partial charge on any atom is -0.371 e. The monoisotopic (exact) mass is 279 g/mol. The molecule has 1 aromatic carbocycles. The fraction of sp³-hybridized carbons (Fsp3) is 0.333. The smallest absolute Gasteiger partial charge is 0.0494 e. The zero-order valence-electron chi connectivity index (χ0n) is 10.8. The van der Waals surface area contributed by atoms with Crippen LogP contribution >= 0.6 is 22.9 Å². The van der Waals surface area contributed by atoms with E-state index in [1.165, 1.54) is 16.1 Å². The summed E-state index contributed by atoms with van der Waals surface area (Å²) in [5, 5.41) is 2.13. The molecule has 2 rings (SSSR count). The summed E-state index contributed by atoms with van der Waals surface area (Å²) in [5.74, 6) is 0.562. The van der Waals surface area contributed by atoms with Crippen molar-refractivity contribution >= 4 is 28.6 Å². The molecule has 0 fully saturated rings. The second-order valence-electron chi connectivity index (χ2n) is 4.51. The molecule has 1 nitrogen and oxygen atoms in total. The van der Waals surface area contributed by atoms with E-state index in [1.54, 1.807) is 0 Å². The topological polar surface area (TPSA) is 3.24 Å². The second-order valence-corrected chi connectivity index (χ2v) is 5.81. The van der Waals surface area contributed by atoms with E-state index >= 15 is 0 Å². The Labute approximate surface area is 118 Å². The van der Waals surface area contributed by atoms with E-state index in [9.17, 15) is 0 Å². The highest BCUT2D eigenvalue weighted by atomic mass is 35.5. The van der Waals surface area contributed by atoms with Gasteiger partial charge in [0.2, 0.25) is 0 Å². The van der Waals surface area contributed by atoms with E-state index < -0.39 is 0 Å². The summed E-state index contributed by atoms with van der Waals surface area (Å²) in [6.45, 7) is 2.25. The van der Waals surface area contributed by atoms with Crippen molar-refractivity contribution in [2.75, 3.05) is 11.9 Å². The van der Waals surface area contributed by atoms with Crippen LogP contribution < -0.4 is 4.90 Å². The second kappa shape index (κ2) is 6.26. The molecular formula is C15H18ClNS. The Balaban J connectivity index is 2.12. The molecule has 1 atom stereocenters. The molecule has 96 valence electrons. The standard InChI is InChI=1S/C15H18ClNS/c1-12(10-14-7-5-9-18-14)17(2)15-8-4-3-6-13(15)11-16/h3-9,12H,10-11H2,1-2H3. The highest BCUT2D eigenvalue weighted by Gasteiger charge is 2.13. The van der Waals surface area contributed by atoms with E-state index in [-0.39, 0.29) is 0 Å². The molecule has 0 saturated carbocycles. The number of hydrogen-bond donors (Lipinski definition) is 0. The molecule has 2 aromatic rings. The molecule has 1 unspecified atom stereocenters. The normalized spacial score (nSPS) is 12.4. The van der Waals surface area contributed by atoms with Crippen molar-refractivity contribution in [2.45, 2.75) is 25.3 Å². The molecule has 0 N–H and O–H groups in total. The van der Waals surface area contributed by atoms with Crippen LogP contribution in [0.4, 0.5) is 5.69 Å². The Morgan fingerprint density at radius 1 is 1.22 bits per heavy atom. The summed E-state index contributed by atoms with van der Waals surface area (Å²) in [6.07, 6.45) is 1.07. The lowest BCUT2D eigenvalue weighted by atomic mass is 10.1. The fourth-order valence-corrected chi connectivity index (χ4v) is 3.11. The summed E-state index contributed by atoms with van der Waals surface area (Å²) in [7, 11) is 2.14. The van der Waals surface area contributed by atoms with Crippen molar-refractivity contribution in [2.24, 2.45) is 0 Å². The van der Waals surface area contributed by atoms with Crippen molar-refractivity contribution in [3.05, 3.63) is 52.2 Å². The van der Waals surface area contributed by atoms with Crippen LogP contribution in [0, 0.1) is 0 Å². The highest BCUT2D eigenvalue weighted by molar-refractivity contribution is 7.09.